The van der Waals surface area contributed by atoms with E-state index in [0.717, 1.165) is 12.8 Å². The molecular formula is C9H20N2O2. The Morgan fingerprint density at radius 3 is 2.69 bits per heavy atom. The second-order valence-corrected chi connectivity index (χ2v) is 3.05. The molecule has 13 heavy (non-hydrogen) atoms. The molecule has 0 aromatic carbocycles. The van der Waals surface area contributed by atoms with Crippen LogP contribution in [0.5, 0.6) is 0 Å². The lowest BCUT2D eigenvalue weighted by atomic mass is 10.2. The van der Waals surface area contributed by atoms with E-state index in [9.17, 15) is 4.79 Å². The van der Waals surface area contributed by atoms with Crippen LogP contribution in [0.25, 0.3) is 0 Å². The molecule has 0 heterocycles. The Balaban J connectivity index is 3.45. The van der Waals surface area contributed by atoms with E-state index in [2.05, 4.69) is 0 Å². The van der Waals surface area contributed by atoms with Gasteiger partial charge in [0, 0.05) is 27.1 Å². The van der Waals surface area contributed by atoms with Gasteiger partial charge in [0.05, 0.1) is 6.61 Å². The first-order chi connectivity index (χ1) is 6.22. The molecule has 0 saturated carbocycles. The summed E-state index contributed by atoms with van der Waals surface area (Å²) in [5.41, 5.74) is 5.33. The van der Waals surface area contributed by atoms with E-state index >= 15 is 0 Å². The first-order valence-corrected chi connectivity index (χ1v) is 4.65. The molecule has 0 saturated heterocycles. The van der Waals surface area contributed by atoms with Crippen molar-refractivity contribution in [3.05, 3.63) is 0 Å². The van der Waals surface area contributed by atoms with Crippen LogP contribution in [0, 0.1) is 0 Å². The Kier molecular flexibility index (Phi) is 7.63. The number of carbonyl (C=O) groups is 1. The summed E-state index contributed by atoms with van der Waals surface area (Å²) in [7, 11) is 3.43. The monoisotopic (exact) mass is 188 g/mol. The SMILES string of the molecule is COCCN(C)C(=O)CCCCN. The zero-order valence-corrected chi connectivity index (χ0v) is 8.58. The number of carbonyl (C=O) groups excluding carboxylic acids is 1. The van der Waals surface area contributed by atoms with Crippen LogP contribution in [-0.4, -0.2) is 44.7 Å². The average Bonchev–Trinajstić information content (AvgIpc) is 2.14. The van der Waals surface area contributed by atoms with Crippen molar-refractivity contribution in [2.45, 2.75) is 19.3 Å². The maximum absolute atomic E-state index is 11.4. The molecule has 0 radical (unpaired) electrons. The maximum atomic E-state index is 11.4. The Hall–Kier alpha value is -0.610. The highest BCUT2D eigenvalue weighted by molar-refractivity contribution is 5.75. The van der Waals surface area contributed by atoms with E-state index in [1.54, 1.807) is 19.1 Å². The van der Waals surface area contributed by atoms with Gasteiger partial charge in [-0.15, -0.1) is 0 Å². The summed E-state index contributed by atoms with van der Waals surface area (Å²) in [4.78, 5) is 13.0. The molecule has 0 aliphatic carbocycles. The van der Waals surface area contributed by atoms with Crippen LogP contribution in [-0.2, 0) is 9.53 Å². The van der Waals surface area contributed by atoms with Crippen molar-refractivity contribution in [2.75, 3.05) is 33.9 Å². The Morgan fingerprint density at radius 2 is 2.15 bits per heavy atom. The minimum atomic E-state index is 0.172. The molecule has 0 aromatic rings. The second kappa shape index (κ2) is 8.01. The van der Waals surface area contributed by atoms with Gasteiger partial charge in [-0.3, -0.25) is 4.79 Å². The number of nitrogens with two attached hydrogens (primary N) is 1. The fourth-order valence-electron chi connectivity index (χ4n) is 0.964. The number of rotatable bonds is 7. The molecule has 0 bridgehead atoms. The van der Waals surface area contributed by atoms with Crippen LogP contribution in [0.3, 0.4) is 0 Å². The fraction of sp³-hybridized carbons (Fsp3) is 0.889. The zero-order valence-electron chi connectivity index (χ0n) is 8.58. The molecule has 2 N–H and O–H groups in total. The van der Waals surface area contributed by atoms with Crippen LogP contribution in [0.2, 0.25) is 0 Å². The lowest BCUT2D eigenvalue weighted by molar-refractivity contribution is -0.130. The minimum absolute atomic E-state index is 0.172. The van der Waals surface area contributed by atoms with Crippen molar-refractivity contribution >= 4 is 5.91 Å². The van der Waals surface area contributed by atoms with E-state index in [4.69, 9.17) is 10.5 Å². The van der Waals surface area contributed by atoms with Crippen molar-refractivity contribution in [2.24, 2.45) is 5.73 Å². The highest BCUT2D eigenvalue weighted by Gasteiger charge is 2.06. The third kappa shape index (κ3) is 6.54. The van der Waals surface area contributed by atoms with Gasteiger partial charge in [-0.2, -0.15) is 0 Å². The van der Waals surface area contributed by atoms with Crippen molar-refractivity contribution in [3.8, 4) is 0 Å². The molecule has 4 heteroatoms. The highest BCUT2D eigenvalue weighted by Crippen LogP contribution is 1.97. The zero-order chi connectivity index (χ0) is 10.1. The highest BCUT2D eigenvalue weighted by atomic mass is 16.5. The normalized spacial score (nSPS) is 10.1. The number of ether oxygens (including phenoxy) is 1. The van der Waals surface area contributed by atoms with Crippen molar-refractivity contribution < 1.29 is 9.53 Å². The van der Waals surface area contributed by atoms with Gasteiger partial charge in [0.15, 0.2) is 0 Å². The molecule has 0 unspecified atom stereocenters. The van der Waals surface area contributed by atoms with Gasteiger partial charge < -0.3 is 15.4 Å². The van der Waals surface area contributed by atoms with Crippen LogP contribution in [0.1, 0.15) is 19.3 Å². The van der Waals surface area contributed by atoms with Crippen molar-refractivity contribution in [3.63, 3.8) is 0 Å². The predicted molar refractivity (Wildman–Crippen MR) is 52.4 cm³/mol. The van der Waals surface area contributed by atoms with Crippen LogP contribution in [0.15, 0.2) is 0 Å². The summed E-state index contributed by atoms with van der Waals surface area (Å²) in [5, 5.41) is 0. The molecule has 1 amide bonds. The summed E-state index contributed by atoms with van der Waals surface area (Å²) >= 11 is 0. The molecular weight excluding hydrogens is 168 g/mol. The predicted octanol–water partition coefficient (Wildman–Crippen LogP) is 0.220. The van der Waals surface area contributed by atoms with Crippen molar-refractivity contribution in [1.29, 1.82) is 0 Å². The second-order valence-electron chi connectivity index (χ2n) is 3.05. The Bertz CT molecular complexity index is 140. The molecule has 0 atom stereocenters. The van der Waals surface area contributed by atoms with Crippen LogP contribution < -0.4 is 5.73 Å². The molecule has 0 aliphatic heterocycles. The number of hydrogen-bond donors (Lipinski definition) is 1. The molecule has 0 fully saturated rings. The fourth-order valence-corrected chi connectivity index (χ4v) is 0.964. The summed E-state index contributed by atoms with van der Waals surface area (Å²) in [5.74, 6) is 0.172. The molecule has 0 aromatic heterocycles. The Morgan fingerprint density at radius 1 is 1.46 bits per heavy atom. The van der Waals surface area contributed by atoms with Crippen LogP contribution in [0.4, 0.5) is 0 Å². The van der Waals surface area contributed by atoms with E-state index in [-0.39, 0.29) is 5.91 Å². The number of methoxy groups -OCH3 is 1. The molecule has 0 spiro atoms. The van der Waals surface area contributed by atoms with Gasteiger partial charge in [-0.1, -0.05) is 0 Å². The quantitative estimate of drug-likeness (QED) is 0.581. The van der Waals surface area contributed by atoms with E-state index in [0.29, 0.717) is 26.1 Å². The van der Waals surface area contributed by atoms with Gasteiger partial charge >= 0.3 is 0 Å². The summed E-state index contributed by atoms with van der Waals surface area (Å²) < 4.78 is 4.87. The van der Waals surface area contributed by atoms with Gasteiger partial charge in [0.1, 0.15) is 0 Å². The minimum Gasteiger partial charge on any atom is -0.383 e. The lowest BCUT2D eigenvalue weighted by Crippen LogP contribution is -2.29. The standard InChI is InChI=1S/C9H20N2O2/c1-11(7-8-13-2)9(12)5-3-4-6-10/h3-8,10H2,1-2H3. The average molecular weight is 188 g/mol. The van der Waals surface area contributed by atoms with Gasteiger partial charge in [-0.25, -0.2) is 0 Å². The third-order valence-corrected chi connectivity index (χ3v) is 1.90. The molecule has 4 nitrogen and oxygen atoms in total. The molecule has 0 aliphatic rings. The number of likely N-dealkylation sites (N-methyl/N-ethyl adjacent to an activating group) is 1. The van der Waals surface area contributed by atoms with Crippen LogP contribution >= 0.6 is 0 Å². The summed E-state index contributed by atoms with van der Waals surface area (Å²) in [6.07, 6.45) is 2.40. The smallest absolute Gasteiger partial charge is 0.222 e. The number of hydrogen-bond acceptors (Lipinski definition) is 3. The van der Waals surface area contributed by atoms with E-state index < -0.39 is 0 Å². The first-order valence-electron chi connectivity index (χ1n) is 4.65. The lowest BCUT2D eigenvalue weighted by Gasteiger charge is -2.16. The number of unbranched alkanes of at least 4 members (excludes halogenated alkanes) is 1. The van der Waals surface area contributed by atoms with Gasteiger partial charge in [0.25, 0.3) is 0 Å². The summed E-state index contributed by atoms with van der Waals surface area (Å²) in [6.45, 7) is 1.92. The Labute approximate surface area is 80.0 Å². The number of nitrogens with zero attached hydrogens (tertiary/aromatic N) is 1. The molecule has 78 valence electrons. The van der Waals surface area contributed by atoms with Crippen molar-refractivity contribution in [1.82, 2.24) is 4.90 Å². The number of amides is 1. The van der Waals surface area contributed by atoms with E-state index in [1.807, 2.05) is 0 Å². The third-order valence-electron chi connectivity index (χ3n) is 1.90. The first kappa shape index (κ1) is 12.4. The largest absolute Gasteiger partial charge is 0.383 e. The maximum Gasteiger partial charge on any atom is 0.222 e. The van der Waals surface area contributed by atoms with Gasteiger partial charge in [-0.05, 0) is 19.4 Å². The van der Waals surface area contributed by atoms with E-state index in [1.165, 1.54) is 0 Å². The topological polar surface area (TPSA) is 55.6 Å². The van der Waals surface area contributed by atoms with Gasteiger partial charge in [0.2, 0.25) is 5.91 Å². The summed E-state index contributed by atoms with van der Waals surface area (Å²) in [6, 6.07) is 0. The molecule has 0 rings (SSSR count).